The SMILES string of the molecule is CCC1CC(COc2ccc3c(c2)CN(C(=N)N)CC3)(C(=O)O)CCN1c1ccncc1. The van der Waals surface area contributed by atoms with E-state index in [4.69, 9.17) is 15.9 Å². The van der Waals surface area contributed by atoms with Crippen LogP contribution in [0.2, 0.25) is 0 Å². The van der Waals surface area contributed by atoms with Crippen LogP contribution in [-0.4, -0.2) is 52.7 Å². The van der Waals surface area contributed by atoms with Crippen molar-refractivity contribution in [2.45, 2.75) is 45.2 Å². The number of nitrogens with zero attached hydrogens (tertiary/aromatic N) is 3. The number of nitrogens with two attached hydrogens (primary N) is 1. The van der Waals surface area contributed by atoms with Crippen LogP contribution in [0.1, 0.15) is 37.3 Å². The van der Waals surface area contributed by atoms with E-state index < -0.39 is 11.4 Å². The molecule has 2 aliphatic rings. The number of aromatic nitrogens is 1. The van der Waals surface area contributed by atoms with Gasteiger partial charge in [0.25, 0.3) is 0 Å². The van der Waals surface area contributed by atoms with E-state index >= 15 is 0 Å². The molecule has 0 bridgehead atoms. The number of piperidine rings is 1. The monoisotopic (exact) mass is 437 g/mol. The molecule has 8 heteroatoms. The molecule has 32 heavy (non-hydrogen) atoms. The second-order valence-electron chi connectivity index (χ2n) is 8.78. The van der Waals surface area contributed by atoms with Crippen LogP contribution in [-0.2, 0) is 17.8 Å². The standard InChI is InChI=1S/C24H31N5O3/c1-2-19-14-24(22(30)31,8-12-29(19)20-5-9-27-10-6-20)16-32-21-4-3-17-7-11-28(23(25)26)15-18(17)13-21/h3-6,9-10,13,19H,2,7-8,11-12,14-16H2,1H3,(H3,25,26)(H,30,31). The first-order valence-electron chi connectivity index (χ1n) is 11.2. The number of carbonyl (C=O) groups is 1. The molecule has 2 unspecified atom stereocenters. The van der Waals surface area contributed by atoms with E-state index in [1.165, 1.54) is 5.56 Å². The van der Waals surface area contributed by atoms with Gasteiger partial charge in [-0.2, -0.15) is 0 Å². The number of fused-ring (bicyclic) bond motifs is 1. The molecular formula is C24H31N5O3. The minimum atomic E-state index is -0.925. The van der Waals surface area contributed by atoms with Gasteiger partial charge in [-0.25, -0.2) is 0 Å². The number of rotatable bonds is 6. The molecule has 1 aromatic carbocycles. The first-order chi connectivity index (χ1) is 15.4. The molecule has 8 nitrogen and oxygen atoms in total. The maximum atomic E-state index is 12.4. The highest BCUT2D eigenvalue weighted by Crippen LogP contribution is 2.39. The second-order valence-corrected chi connectivity index (χ2v) is 8.78. The zero-order valence-corrected chi connectivity index (χ0v) is 18.5. The maximum absolute atomic E-state index is 12.4. The molecule has 170 valence electrons. The number of benzene rings is 1. The van der Waals surface area contributed by atoms with Crippen molar-refractivity contribution in [3.8, 4) is 5.75 Å². The summed E-state index contributed by atoms with van der Waals surface area (Å²) in [4.78, 5) is 20.6. The fourth-order valence-corrected chi connectivity index (χ4v) is 4.86. The van der Waals surface area contributed by atoms with Gasteiger partial charge < -0.3 is 25.4 Å². The molecule has 0 amide bonds. The van der Waals surface area contributed by atoms with Gasteiger partial charge in [0.2, 0.25) is 0 Å². The first-order valence-corrected chi connectivity index (χ1v) is 11.2. The number of hydrogen-bond acceptors (Lipinski definition) is 5. The zero-order valence-electron chi connectivity index (χ0n) is 18.5. The summed E-state index contributed by atoms with van der Waals surface area (Å²) in [5, 5.41) is 17.9. The van der Waals surface area contributed by atoms with Gasteiger partial charge in [-0.3, -0.25) is 15.2 Å². The van der Waals surface area contributed by atoms with Crippen LogP contribution in [0.3, 0.4) is 0 Å². The molecule has 2 atom stereocenters. The number of ether oxygens (including phenoxy) is 1. The van der Waals surface area contributed by atoms with Gasteiger partial charge in [-0.15, -0.1) is 0 Å². The van der Waals surface area contributed by atoms with Gasteiger partial charge in [-0.1, -0.05) is 13.0 Å². The molecule has 0 saturated carbocycles. The number of carboxylic acids is 1. The number of hydrogen-bond donors (Lipinski definition) is 3. The van der Waals surface area contributed by atoms with E-state index in [1.807, 2.05) is 35.2 Å². The van der Waals surface area contributed by atoms with Crippen molar-refractivity contribution in [2.75, 3.05) is 24.6 Å². The summed E-state index contributed by atoms with van der Waals surface area (Å²) < 4.78 is 6.09. The van der Waals surface area contributed by atoms with Crippen LogP contribution in [0, 0.1) is 10.8 Å². The Bertz CT molecular complexity index is 983. The molecule has 3 heterocycles. The number of carboxylic acid groups (broad SMARTS) is 1. The van der Waals surface area contributed by atoms with Crippen LogP contribution >= 0.6 is 0 Å². The molecule has 0 spiro atoms. The molecule has 2 aliphatic heterocycles. The minimum absolute atomic E-state index is 0.0679. The molecular weight excluding hydrogens is 406 g/mol. The van der Waals surface area contributed by atoms with Gasteiger partial charge >= 0.3 is 5.97 Å². The van der Waals surface area contributed by atoms with Gasteiger partial charge in [0.15, 0.2) is 5.96 Å². The average Bonchev–Trinajstić information content (AvgIpc) is 2.82. The summed E-state index contributed by atoms with van der Waals surface area (Å²) in [6.07, 6.45) is 6.28. The van der Waals surface area contributed by atoms with Crippen LogP contribution in [0.15, 0.2) is 42.7 Å². The third-order valence-electron chi connectivity index (χ3n) is 6.86. The number of anilines is 1. The zero-order chi connectivity index (χ0) is 22.7. The maximum Gasteiger partial charge on any atom is 0.313 e. The summed E-state index contributed by atoms with van der Waals surface area (Å²) in [5.74, 6) is -0.0659. The molecule has 4 rings (SSSR count). The van der Waals surface area contributed by atoms with Crippen LogP contribution < -0.4 is 15.4 Å². The normalized spacial score (nSPS) is 22.8. The number of guanidine groups is 1. The first kappa shape index (κ1) is 21.9. The summed E-state index contributed by atoms with van der Waals surface area (Å²) >= 11 is 0. The van der Waals surface area contributed by atoms with Gasteiger partial charge in [0, 0.05) is 43.8 Å². The van der Waals surface area contributed by atoms with Gasteiger partial charge in [-0.05, 0) is 61.1 Å². The van der Waals surface area contributed by atoms with Crippen molar-refractivity contribution >= 4 is 17.6 Å². The lowest BCUT2D eigenvalue weighted by Crippen LogP contribution is -2.52. The third kappa shape index (κ3) is 4.35. The van der Waals surface area contributed by atoms with E-state index in [0.717, 1.165) is 30.6 Å². The quantitative estimate of drug-likeness (QED) is 0.470. The van der Waals surface area contributed by atoms with E-state index in [0.29, 0.717) is 31.7 Å². The van der Waals surface area contributed by atoms with Gasteiger partial charge in [0.1, 0.15) is 17.8 Å². The molecule has 1 fully saturated rings. The van der Waals surface area contributed by atoms with Crippen molar-refractivity contribution in [1.82, 2.24) is 9.88 Å². The molecule has 0 radical (unpaired) electrons. The highest BCUT2D eigenvalue weighted by Gasteiger charge is 2.46. The smallest absolute Gasteiger partial charge is 0.313 e. The van der Waals surface area contributed by atoms with Crippen molar-refractivity contribution in [3.63, 3.8) is 0 Å². The average molecular weight is 438 g/mol. The second kappa shape index (κ2) is 9.06. The predicted octanol–water partition coefficient (Wildman–Crippen LogP) is 2.86. The number of pyridine rings is 1. The lowest BCUT2D eigenvalue weighted by Gasteiger charge is -2.45. The highest BCUT2D eigenvalue weighted by molar-refractivity contribution is 5.76. The minimum Gasteiger partial charge on any atom is -0.492 e. The van der Waals surface area contributed by atoms with E-state index in [-0.39, 0.29) is 18.6 Å². The van der Waals surface area contributed by atoms with Gasteiger partial charge in [0.05, 0.1) is 0 Å². The molecule has 1 aromatic heterocycles. The topological polar surface area (TPSA) is 116 Å². The Hall–Kier alpha value is -3.29. The number of nitrogens with one attached hydrogen (secondary N) is 1. The van der Waals surface area contributed by atoms with E-state index in [9.17, 15) is 9.90 Å². The fraction of sp³-hybridized carbons (Fsp3) is 0.458. The van der Waals surface area contributed by atoms with Crippen molar-refractivity contribution < 1.29 is 14.6 Å². The molecule has 4 N–H and O–H groups in total. The predicted molar refractivity (Wildman–Crippen MR) is 123 cm³/mol. The Morgan fingerprint density at radius 1 is 1.28 bits per heavy atom. The third-order valence-corrected chi connectivity index (χ3v) is 6.86. The lowest BCUT2D eigenvalue weighted by atomic mass is 9.75. The Balaban J connectivity index is 1.48. The highest BCUT2D eigenvalue weighted by atomic mass is 16.5. The van der Waals surface area contributed by atoms with Crippen LogP contribution in [0.4, 0.5) is 5.69 Å². The Morgan fingerprint density at radius 3 is 2.75 bits per heavy atom. The van der Waals surface area contributed by atoms with Crippen molar-refractivity contribution in [2.24, 2.45) is 11.1 Å². The van der Waals surface area contributed by atoms with Crippen molar-refractivity contribution in [1.29, 1.82) is 5.41 Å². The summed E-state index contributed by atoms with van der Waals surface area (Å²) in [7, 11) is 0. The fourth-order valence-electron chi connectivity index (χ4n) is 4.86. The molecule has 1 saturated heterocycles. The Labute approximate surface area is 188 Å². The Morgan fingerprint density at radius 2 is 2.06 bits per heavy atom. The molecule has 2 aromatic rings. The molecule has 0 aliphatic carbocycles. The Kier molecular flexibility index (Phi) is 6.21. The van der Waals surface area contributed by atoms with E-state index in [1.54, 1.807) is 12.4 Å². The summed E-state index contributed by atoms with van der Waals surface area (Å²) in [6, 6.07) is 9.99. The van der Waals surface area contributed by atoms with E-state index in [2.05, 4.69) is 16.8 Å². The van der Waals surface area contributed by atoms with Crippen LogP contribution in [0.25, 0.3) is 0 Å². The summed E-state index contributed by atoms with van der Waals surface area (Å²) in [5.41, 5.74) is 8.11. The number of aliphatic carboxylic acids is 1. The van der Waals surface area contributed by atoms with Crippen molar-refractivity contribution in [3.05, 3.63) is 53.9 Å². The largest absolute Gasteiger partial charge is 0.492 e. The van der Waals surface area contributed by atoms with Crippen LogP contribution in [0.5, 0.6) is 5.75 Å². The summed E-state index contributed by atoms with van der Waals surface area (Å²) in [6.45, 7) is 4.21. The lowest BCUT2D eigenvalue weighted by molar-refractivity contribution is -0.153.